The van der Waals surface area contributed by atoms with Crippen molar-refractivity contribution in [2.45, 2.75) is 6.04 Å². The van der Waals surface area contributed by atoms with Crippen molar-refractivity contribution in [1.29, 1.82) is 0 Å². The molecule has 0 aliphatic rings. The largest absolute Gasteiger partial charge is 0.496 e. The van der Waals surface area contributed by atoms with E-state index in [9.17, 15) is 4.79 Å². The molecule has 2 aromatic heterocycles. The second-order valence-corrected chi connectivity index (χ2v) is 5.93. The van der Waals surface area contributed by atoms with Gasteiger partial charge in [-0.15, -0.1) is 11.3 Å². The Labute approximate surface area is 126 Å². The first-order chi connectivity index (χ1) is 10.0. The minimum Gasteiger partial charge on any atom is -0.496 e. The van der Waals surface area contributed by atoms with Crippen LogP contribution in [0.4, 0.5) is 0 Å². The lowest BCUT2D eigenvalue weighted by Gasteiger charge is -2.12. The van der Waals surface area contributed by atoms with Crippen LogP contribution in [0.3, 0.4) is 0 Å². The van der Waals surface area contributed by atoms with Gasteiger partial charge in [0.15, 0.2) is 0 Å². The number of aryl methyl sites for hydroxylation is 2. The monoisotopic (exact) mass is 303 g/mol. The van der Waals surface area contributed by atoms with Gasteiger partial charge in [0.05, 0.1) is 29.1 Å². The fourth-order valence-corrected chi connectivity index (χ4v) is 3.46. The molecule has 2 heterocycles. The summed E-state index contributed by atoms with van der Waals surface area (Å²) in [5.41, 5.74) is 9.06. The molecule has 1 atom stereocenters. The third kappa shape index (κ3) is 2.07. The van der Waals surface area contributed by atoms with E-state index in [-0.39, 0.29) is 11.7 Å². The molecule has 110 valence electrons. The maximum atomic E-state index is 12.0. The summed E-state index contributed by atoms with van der Waals surface area (Å²) in [6.45, 7) is 0. The lowest BCUT2D eigenvalue weighted by atomic mass is 10.1. The summed E-state index contributed by atoms with van der Waals surface area (Å²) in [4.78, 5) is 13.0. The number of benzene rings is 1. The standard InChI is InChI=1S/C15H17N3O2S/c1-17-10-5-4-9(8-11(10)18(2)15(17)19)13(16)14-12(20-3)6-7-21-14/h4-8,13H,16H2,1-3H3. The van der Waals surface area contributed by atoms with Crippen molar-refractivity contribution >= 4 is 22.4 Å². The van der Waals surface area contributed by atoms with Gasteiger partial charge in [0.2, 0.25) is 0 Å². The van der Waals surface area contributed by atoms with E-state index in [1.807, 2.05) is 29.6 Å². The van der Waals surface area contributed by atoms with Gasteiger partial charge in [-0.2, -0.15) is 0 Å². The first kappa shape index (κ1) is 13.9. The number of thiophene rings is 1. The summed E-state index contributed by atoms with van der Waals surface area (Å²) >= 11 is 1.57. The molecule has 1 aromatic carbocycles. The molecule has 3 rings (SSSR count). The maximum absolute atomic E-state index is 12.0. The molecule has 0 aliphatic carbocycles. The van der Waals surface area contributed by atoms with Crippen molar-refractivity contribution in [3.63, 3.8) is 0 Å². The number of ether oxygens (including phenoxy) is 1. The van der Waals surface area contributed by atoms with Gasteiger partial charge >= 0.3 is 5.69 Å². The highest BCUT2D eigenvalue weighted by Gasteiger charge is 2.17. The minimum absolute atomic E-state index is 0.0376. The van der Waals surface area contributed by atoms with Gasteiger partial charge in [-0.25, -0.2) is 4.79 Å². The highest BCUT2D eigenvalue weighted by Crippen LogP contribution is 2.33. The Hall–Kier alpha value is -2.05. The number of methoxy groups -OCH3 is 1. The number of aromatic nitrogens is 2. The molecule has 3 aromatic rings. The van der Waals surface area contributed by atoms with E-state index in [0.29, 0.717) is 0 Å². The summed E-state index contributed by atoms with van der Waals surface area (Å²) < 4.78 is 8.60. The second kappa shape index (κ2) is 5.05. The van der Waals surface area contributed by atoms with Crippen LogP contribution in [0.1, 0.15) is 16.5 Å². The van der Waals surface area contributed by atoms with E-state index in [0.717, 1.165) is 27.2 Å². The van der Waals surface area contributed by atoms with Crippen molar-refractivity contribution in [3.05, 3.63) is 50.6 Å². The van der Waals surface area contributed by atoms with E-state index in [2.05, 4.69) is 0 Å². The first-order valence-corrected chi connectivity index (χ1v) is 7.45. The average Bonchev–Trinajstić information content (AvgIpc) is 3.06. The summed E-state index contributed by atoms with van der Waals surface area (Å²) in [5, 5.41) is 1.96. The zero-order valence-corrected chi connectivity index (χ0v) is 13.0. The molecule has 0 saturated carbocycles. The van der Waals surface area contributed by atoms with E-state index in [1.54, 1.807) is 41.7 Å². The number of hydrogen-bond donors (Lipinski definition) is 1. The van der Waals surface area contributed by atoms with Gasteiger partial charge in [-0.3, -0.25) is 9.13 Å². The Morgan fingerprint density at radius 2 is 1.90 bits per heavy atom. The van der Waals surface area contributed by atoms with Crippen LogP contribution in [0.15, 0.2) is 34.4 Å². The van der Waals surface area contributed by atoms with Crippen LogP contribution >= 0.6 is 11.3 Å². The van der Waals surface area contributed by atoms with Crippen LogP contribution < -0.4 is 16.2 Å². The Kier molecular flexibility index (Phi) is 3.35. The number of fused-ring (bicyclic) bond motifs is 1. The Balaban J connectivity index is 2.13. The number of nitrogens with zero attached hydrogens (tertiary/aromatic N) is 2. The third-order valence-electron chi connectivity index (χ3n) is 3.81. The van der Waals surface area contributed by atoms with Gasteiger partial charge in [0.1, 0.15) is 5.75 Å². The van der Waals surface area contributed by atoms with E-state index >= 15 is 0 Å². The van der Waals surface area contributed by atoms with Crippen LogP contribution in [0.25, 0.3) is 11.0 Å². The van der Waals surface area contributed by atoms with Crippen LogP contribution in [0.2, 0.25) is 0 Å². The second-order valence-electron chi connectivity index (χ2n) is 4.98. The molecule has 21 heavy (non-hydrogen) atoms. The van der Waals surface area contributed by atoms with E-state index in [1.165, 1.54) is 0 Å². The highest BCUT2D eigenvalue weighted by atomic mass is 32.1. The normalized spacial score (nSPS) is 12.8. The minimum atomic E-state index is -0.264. The molecule has 0 aliphatic heterocycles. The molecule has 0 saturated heterocycles. The smallest absolute Gasteiger partial charge is 0.328 e. The molecule has 0 amide bonds. The van der Waals surface area contributed by atoms with Crippen molar-refractivity contribution in [2.24, 2.45) is 19.8 Å². The third-order valence-corrected chi connectivity index (χ3v) is 4.80. The highest BCUT2D eigenvalue weighted by molar-refractivity contribution is 7.10. The van der Waals surface area contributed by atoms with Crippen LogP contribution in [0.5, 0.6) is 5.75 Å². The van der Waals surface area contributed by atoms with Gasteiger partial charge in [-0.1, -0.05) is 6.07 Å². The average molecular weight is 303 g/mol. The summed E-state index contributed by atoms with van der Waals surface area (Å²) in [6, 6.07) is 7.52. The zero-order chi connectivity index (χ0) is 15.1. The maximum Gasteiger partial charge on any atom is 0.328 e. The Bertz CT molecular complexity index is 860. The van der Waals surface area contributed by atoms with Gasteiger partial charge in [0.25, 0.3) is 0 Å². The molecule has 1 unspecified atom stereocenters. The van der Waals surface area contributed by atoms with Crippen molar-refractivity contribution < 1.29 is 4.74 Å². The molecule has 0 bridgehead atoms. The van der Waals surface area contributed by atoms with E-state index in [4.69, 9.17) is 10.5 Å². The summed E-state index contributed by atoms with van der Waals surface area (Å²) in [7, 11) is 5.18. The molecule has 6 heteroatoms. The van der Waals surface area contributed by atoms with Gasteiger partial charge in [0, 0.05) is 14.1 Å². The number of hydrogen-bond acceptors (Lipinski definition) is 4. The van der Waals surface area contributed by atoms with E-state index < -0.39 is 0 Å². The quantitative estimate of drug-likeness (QED) is 0.805. The van der Waals surface area contributed by atoms with Crippen LogP contribution in [0, 0.1) is 0 Å². The van der Waals surface area contributed by atoms with Crippen molar-refractivity contribution in [1.82, 2.24) is 9.13 Å². The predicted octanol–water partition coefficient (Wildman–Crippen LogP) is 2.00. The van der Waals surface area contributed by atoms with Crippen LogP contribution in [-0.4, -0.2) is 16.2 Å². The molecule has 5 nitrogen and oxygen atoms in total. The number of imidazole rings is 1. The molecule has 2 N–H and O–H groups in total. The Morgan fingerprint density at radius 1 is 1.19 bits per heavy atom. The number of rotatable bonds is 3. The SMILES string of the molecule is COc1ccsc1C(N)c1ccc2c(c1)n(C)c(=O)n2C. The fraction of sp³-hybridized carbons (Fsp3) is 0.267. The topological polar surface area (TPSA) is 62.2 Å². The molecular weight excluding hydrogens is 286 g/mol. The lowest BCUT2D eigenvalue weighted by molar-refractivity contribution is 0.411. The number of nitrogens with two attached hydrogens (primary N) is 1. The van der Waals surface area contributed by atoms with Crippen molar-refractivity contribution in [2.75, 3.05) is 7.11 Å². The molecule has 0 radical (unpaired) electrons. The van der Waals surface area contributed by atoms with Gasteiger partial charge < -0.3 is 10.5 Å². The first-order valence-electron chi connectivity index (χ1n) is 6.57. The summed E-state index contributed by atoms with van der Waals surface area (Å²) in [6.07, 6.45) is 0. The predicted molar refractivity (Wildman–Crippen MR) is 85.1 cm³/mol. The molecule has 0 fully saturated rings. The van der Waals surface area contributed by atoms with Crippen molar-refractivity contribution in [3.8, 4) is 5.75 Å². The molecule has 0 spiro atoms. The zero-order valence-electron chi connectivity index (χ0n) is 12.2. The van der Waals surface area contributed by atoms with Crippen LogP contribution in [-0.2, 0) is 14.1 Å². The Morgan fingerprint density at radius 3 is 2.62 bits per heavy atom. The molecular formula is C15H17N3O2S. The van der Waals surface area contributed by atoms with Gasteiger partial charge in [-0.05, 0) is 29.1 Å². The lowest BCUT2D eigenvalue weighted by Crippen LogP contribution is -2.19. The fourth-order valence-electron chi connectivity index (χ4n) is 2.57. The summed E-state index contributed by atoms with van der Waals surface area (Å²) in [5.74, 6) is 0.801.